The average Bonchev–Trinajstić information content (AvgIpc) is 3.16. The zero-order valence-corrected chi connectivity index (χ0v) is 17.1. The highest BCUT2D eigenvalue weighted by atomic mass is 16.5. The number of carbonyl (C=O) groups excluding carboxylic acids is 2. The molecule has 0 spiro atoms. The number of oxazole rings is 1. The van der Waals surface area contributed by atoms with Crippen LogP contribution in [0.5, 0.6) is 11.5 Å². The molecule has 1 N–H and O–H groups in total. The Balaban J connectivity index is 1.67. The molecule has 0 aliphatic heterocycles. The van der Waals surface area contributed by atoms with E-state index in [0.717, 1.165) is 5.56 Å². The predicted octanol–water partition coefficient (Wildman–Crippen LogP) is 3.85. The summed E-state index contributed by atoms with van der Waals surface area (Å²) in [5.41, 5.74) is 1.24. The molecule has 1 atom stereocenters. The van der Waals surface area contributed by atoms with E-state index in [2.05, 4.69) is 10.3 Å². The van der Waals surface area contributed by atoms with Crippen molar-refractivity contribution in [3.63, 3.8) is 0 Å². The minimum atomic E-state index is -1.05. The van der Waals surface area contributed by atoms with E-state index in [-0.39, 0.29) is 5.69 Å². The lowest BCUT2D eigenvalue weighted by atomic mass is 10.2. The first-order valence-electron chi connectivity index (χ1n) is 9.19. The fourth-order valence-electron chi connectivity index (χ4n) is 2.72. The second kappa shape index (κ2) is 9.13. The number of methoxy groups -OCH3 is 2. The molecule has 0 aliphatic rings. The van der Waals surface area contributed by atoms with Crippen LogP contribution in [0.4, 0.5) is 5.69 Å². The quantitative estimate of drug-likeness (QED) is 0.591. The van der Waals surface area contributed by atoms with Crippen LogP contribution in [0.15, 0.2) is 52.9 Å². The summed E-state index contributed by atoms with van der Waals surface area (Å²) in [5, 5.41) is 2.67. The average molecular weight is 410 g/mol. The van der Waals surface area contributed by atoms with Crippen molar-refractivity contribution in [1.29, 1.82) is 0 Å². The van der Waals surface area contributed by atoms with Gasteiger partial charge in [-0.2, -0.15) is 0 Å². The number of esters is 1. The van der Waals surface area contributed by atoms with E-state index in [1.54, 1.807) is 25.1 Å². The number of nitrogens with one attached hydrogen (secondary N) is 1. The van der Waals surface area contributed by atoms with Gasteiger partial charge in [0.1, 0.15) is 5.76 Å². The van der Waals surface area contributed by atoms with E-state index in [4.69, 9.17) is 18.6 Å². The number of carbonyl (C=O) groups is 2. The first-order valence-corrected chi connectivity index (χ1v) is 9.19. The fraction of sp³-hybridized carbons (Fsp3) is 0.227. The molecule has 0 bridgehead atoms. The van der Waals surface area contributed by atoms with Crippen LogP contribution in [-0.4, -0.2) is 37.2 Å². The maximum absolute atomic E-state index is 12.5. The predicted molar refractivity (Wildman–Crippen MR) is 110 cm³/mol. The SMILES string of the molecule is COc1ccc(NC(=O)[C@H](C)OC(=O)c2nc(-c3ccccc3)oc2C)cc1OC. The third kappa shape index (κ3) is 4.60. The topological polar surface area (TPSA) is 99.9 Å². The van der Waals surface area contributed by atoms with Crippen molar-refractivity contribution in [2.75, 3.05) is 19.5 Å². The Morgan fingerprint density at radius 2 is 1.73 bits per heavy atom. The van der Waals surface area contributed by atoms with E-state index in [1.165, 1.54) is 21.1 Å². The first kappa shape index (κ1) is 20.9. The third-order valence-corrected chi connectivity index (χ3v) is 4.31. The van der Waals surface area contributed by atoms with E-state index < -0.39 is 18.0 Å². The zero-order valence-electron chi connectivity index (χ0n) is 17.1. The molecule has 3 rings (SSSR count). The maximum atomic E-state index is 12.5. The highest BCUT2D eigenvalue weighted by Gasteiger charge is 2.24. The van der Waals surface area contributed by atoms with Crippen LogP contribution in [-0.2, 0) is 9.53 Å². The van der Waals surface area contributed by atoms with Crippen molar-refractivity contribution < 1.29 is 28.2 Å². The summed E-state index contributed by atoms with van der Waals surface area (Å²) < 4.78 is 21.2. The lowest BCUT2D eigenvalue weighted by Gasteiger charge is -2.14. The molecule has 8 heteroatoms. The van der Waals surface area contributed by atoms with E-state index in [9.17, 15) is 9.59 Å². The van der Waals surface area contributed by atoms with Gasteiger partial charge in [-0.3, -0.25) is 4.79 Å². The Bertz CT molecular complexity index is 1050. The fourth-order valence-corrected chi connectivity index (χ4v) is 2.72. The summed E-state index contributed by atoms with van der Waals surface area (Å²) in [7, 11) is 3.02. The van der Waals surface area contributed by atoms with Gasteiger partial charge in [0.15, 0.2) is 23.3 Å². The number of aryl methyl sites for hydroxylation is 1. The molecule has 0 fully saturated rings. The minimum absolute atomic E-state index is 0.0274. The highest BCUT2D eigenvalue weighted by molar-refractivity contribution is 5.97. The molecule has 0 saturated heterocycles. The number of anilines is 1. The van der Waals surface area contributed by atoms with Gasteiger partial charge in [0.05, 0.1) is 14.2 Å². The Morgan fingerprint density at radius 3 is 2.40 bits per heavy atom. The summed E-state index contributed by atoms with van der Waals surface area (Å²) in [6, 6.07) is 14.1. The van der Waals surface area contributed by atoms with Gasteiger partial charge in [0, 0.05) is 17.3 Å². The van der Waals surface area contributed by atoms with Crippen molar-refractivity contribution in [2.45, 2.75) is 20.0 Å². The van der Waals surface area contributed by atoms with E-state index in [0.29, 0.717) is 28.8 Å². The Morgan fingerprint density at radius 1 is 1.03 bits per heavy atom. The van der Waals surface area contributed by atoms with Gasteiger partial charge in [-0.05, 0) is 38.1 Å². The van der Waals surface area contributed by atoms with Crippen molar-refractivity contribution in [2.24, 2.45) is 0 Å². The van der Waals surface area contributed by atoms with Gasteiger partial charge in [-0.25, -0.2) is 9.78 Å². The third-order valence-electron chi connectivity index (χ3n) is 4.31. The number of ether oxygens (including phenoxy) is 3. The number of hydrogen-bond donors (Lipinski definition) is 1. The monoisotopic (exact) mass is 410 g/mol. The van der Waals surface area contributed by atoms with Crippen LogP contribution >= 0.6 is 0 Å². The lowest BCUT2D eigenvalue weighted by Crippen LogP contribution is -2.30. The smallest absolute Gasteiger partial charge is 0.361 e. The molecule has 8 nitrogen and oxygen atoms in total. The molecule has 30 heavy (non-hydrogen) atoms. The summed E-state index contributed by atoms with van der Waals surface area (Å²) in [4.78, 5) is 29.2. The highest BCUT2D eigenvalue weighted by Crippen LogP contribution is 2.30. The van der Waals surface area contributed by atoms with Crippen LogP contribution in [0.3, 0.4) is 0 Å². The van der Waals surface area contributed by atoms with Gasteiger partial charge < -0.3 is 23.9 Å². The molecule has 0 aliphatic carbocycles. The summed E-state index contributed by atoms with van der Waals surface area (Å²) in [5.74, 6) is 0.375. The minimum Gasteiger partial charge on any atom is -0.493 e. The normalized spacial score (nSPS) is 11.5. The Kier molecular flexibility index (Phi) is 6.36. The van der Waals surface area contributed by atoms with Gasteiger partial charge >= 0.3 is 5.97 Å². The largest absolute Gasteiger partial charge is 0.493 e. The van der Waals surface area contributed by atoms with Gasteiger partial charge in [0.2, 0.25) is 5.89 Å². The standard InChI is InChI=1S/C22H22N2O6/c1-13-19(24-21(29-13)15-8-6-5-7-9-15)22(26)30-14(2)20(25)23-16-10-11-17(27-3)18(12-16)28-4/h5-12,14H,1-4H3,(H,23,25)/t14-/m0/s1. The summed E-state index contributed by atoms with van der Waals surface area (Å²) in [6.07, 6.45) is -1.05. The molecular weight excluding hydrogens is 388 g/mol. The van der Waals surface area contributed by atoms with Crippen LogP contribution in [0, 0.1) is 6.92 Å². The second-order valence-electron chi connectivity index (χ2n) is 6.40. The molecule has 156 valence electrons. The van der Waals surface area contributed by atoms with Crippen molar-refractivity contribution in [1.82, 2.24) is 4.98 Å². The Hall–Kier alpha value is -3.81. The molecule has 0 radical (unpaired) electrons. The number of amides is 1. The van der Waals surface area contributed by atoms with Crippen LogP contribution in [0.2, 0.25) is 0 Å². The van der Waals surface area contributed by atoms with Crippen LogP contribution in [0.25, 0.3) is 11.5 Å². The maximum Gasteiger partial charge on any atom is 0.361 e. The van der Waals surface area contributed by atoms with Gasteiger partial charge in [-0.1, -0.05) is 18.2 Å². The number of aromatic nitrogens is 1. The van der Waals surface area contributed by atoms with Crippen LogP contribution in [0.1, 0.15) is 23.2 Å². The number of hydrogen-bond acceptors (Lipinski definition) is 7. The lowest BCUT2D eigenvalue weighted by molar-refractivity contribution is -0.123. The summed E-state index contributed by atoms with van der Waals surface area (Å²) >= 11 is 0. The van der Waals surface area contributed by atoms with E-state index in [1.807, 2.05) is 30.3 Å². The molecule has 1 amide bonds. The van der Waals surface area contributed by atoms with Gasteiger partial charge in [0.25, 0.3) is 5.91 Å². The second-order valence-corrected chi connectivity index (χ2v) is 6.40. The number of nitrogens with zero attached hydrogens (tertiary/aromatic N) is 1. The molecule has 0 unspecified atom stereocenters. The molecular formula is C22H22N2O6. The molecule has 3 aromatic rings. The molecule has 1 aromatic heterocycles. The summed E-state index contributed by atoms with van der Waals surface area (Å²) in [6.45, 7) is 3.09. The number of benzene rings is 2. The molecule has 1 heterocycles. The van der Waals surface area contributed by atoms with Crippen molar-refractivity contribution >= 4 is 17.6 Å². The van der Waals surface area contributed by atoms with Crippen LogP contribution < -0.4 is 14.8 Å². The van der Waals surface area contributed by atoms with Gasteiger partial charge in [-0.15, -0.1) is 0 Å². The van der Waals surface area contributed by atoms with Crippen molar-refractivity contribution in [3.05, 3.63) is 60.0 Å². The Labute approximate surface area is 173 Å². The van der Waals surface area contributed by atoms with Crippen molar-refractivity contribution in [3.8, 4) is 23.0 Å². The van der Waals surface area contributed by atoms with E-state index >= 15 is 0 Å². The zero-order chi connectivity index (χ0) is 21.7. The molecule has 0 saturated carbocycles. The first-order chi connectivity index (χ1) is 14.4. The number of rotatable bonds is 7. The molecule has 2 aromatic carbocycles.